The predicted octanol–water partition coefficient (Wildman–Crippen LogP) is 4.34. The van der Waals surface area contributed by atoms with Crippen molar-refractivity contribution in [2.45, 2.75) is 7.43 Å². The third-order valence-corrected chi connectivity index (χ3v) is 5.25. The van der Waals surface area contributed by atoms with Crippen LogP contribution in [0.3, 0.4) is 0 Å². The molecule has 16 nitrogen and oxygen atoms in total. The van der Waals surface area contributed by atoms with Gasteiger partial charge in [0.2, 0.25) is 0 Å². The largest absolute Gasteiger partial charge is 0.508 e. The number of benzene rings is 2. The lowest BCUT2D eigenvalue weighted by Crippen LogP contribution is -2.18. The summed E-state index contributed by atoms with van der Waals surface area (Å²) in [7, 11) is 3.03. The lowest BCUT2D eigenvalue weighted by atomic mass is 10.2. The van der Waals surface area contributed by atoms with E-state index in [9.17, 15) is 29.8 Å². The number of nitrogens with zero attached hydrogens (tertiary/aromatic N) is 4. The molecule has 0 saturated heterocycles. The number of carbonyl (C=O) groups excluding carboxylic acids is 2. The Morgan fingerprint density at radius 2 is 1.27 bits per heavy atom. The fourth-order valence-electron chi connectivity index (χ4n) is 2.96. The first-order valence-electron chi connectivity index (χ1n) is 11.8. The molecule has 0 radical (unpaired) electrons. The van der Waals surface area contributed by atoms with Crippen molar-refractivity contribution in [3.63, 3.8) is 0 Å². The van der Waals surface area contributed by atoms with Crippen LogP contribution in [0.4, 0.5) is 22.7 Å². The Kier molecular flexibility index (Phi) is 13.9. The molecule has 4 rings (SSSR count). The first-order valence-corrected chi connectivity index (χ1v) is 12.2. The summed E-state index contributed by atoms with van der Waals surface area (Å²) in [6.07, 6.45) is 2.90. The maximum atomic E-state index is 11.5. The van der Waals surface area contributed by atoms with Gasteiger partial charge in [0, 0.05) is 37.6 Å². The third-order valence-electron chi connectivity index (χ3n) is 5.02. The molecule has 0 atom stereocenters. The molecule has 0 fully saturated rings. The van der Waals surface area contributed by atoms with E-state index in [-0.39, 0.29) is 59.2 Å². The van der Waals surface area contributed by atoms with Gasteiger partial charge in [-0.3, -0.25) is 39.8 Å². The van der Waals surface area contributed by atoms with Gasteiger partial charge in [-0.1, -0.05) is 19.0 Å². The normalized spacial score (nSPS) is 9.43. The third kappa shape index (κ3) is 10.7. The summed E-state index contributed by atoms with van der Waals surface area (Å²) in [5.41, 5.74) is 10.8. The number of nitro groups is 2. The molecule has 0 unspecified atom stereocenters. The first kappa shape index (κ1) is 36.0. The van der Waals surface area contributed by atoms with E-state index in [1.54, 1.807) is 13.1 Å². The van der Waals surface area contributed by atoms with Gasteiger partial charge in [0.05, 0.1) is 22.0 Å². The number of amides is 2. The Morgan fingerprint density at radius 3 is 1.77 bits per heavy atom. The van der Waals surface area contributed by atoms with Crippen LogP contribution in [0.15, 0.2) is 73.1 Å². The summed E-state index contributed by atoms with van der Waals surface area (Å²) in [5.74, 6) is -0.172. The molecule has 0 spiro atoms. The summed E-state index contributed by atoms with van der Waals surface area (Å²) >= 11 is 5.63. The van der Waals surface area contributed by atoms with E-state index in [1.807, 2.05) is 0 Å². The number of aromatic hydroxyl groups is 1. The topological polar surface area (TPSA) is 252 Å². The summed E-state index contributed by atoms with van der Waals surface area (Å²) in [4.78, 5) is 49.9. The average molecular weight is 629 g/mol. The number of nitrogens with two attached hydrogens (primary N) is 2. The van der Waals surface area contributed by atoms with E-state index < -0.39 is 9.85 Å². The number of nitro benzene ring substituents is 2. The van der Waals surface area contributed by atoms with E-state index in [0.29, 0.717) is 16.5 Å². The molecule has 0 aliphatic heterocycles. The summed E-state index contributed by atoms with van der Waals surface area (Å²) in [5, 5.41) is 35.2. The quantitative estimate of drug-likeness (QED) is 0.0865. The SMILES string of the molecule is C.CNC(=O)c1cc(Cl)ccn1.CNC(=O)c1cc(Oc2ccc(N)c([N+](=O)[O-])c2)ccn1.Nc1ccc(O)cc1[N+](=O)[O-]. The van der Waals surface area contributed by atoms with Crippen molar-refractivity contribution in [3.8, 4) is 17.2 Å². The maximum absolute atomic E-state index is 11.5. The van der Waals surface area contributed by atoms with Crippen LogP contribution in [0, 0.1) is 20.2 Å². The molecule has 0 bridgehead atoms. The van der Waals surface area contributed by atoms with Crippen LogP contribution < -0.4 is 26.8 Å². The monoisotopic (exact) mass is 628 g/mol. The van der Waals surface area contributed by atoms with Crippen molar-refractivity contribution in [2.75, 3.05) is 25.6 Å². The van der Waals surface area contributed by atoms with Gasteiger partial charge in [-0.15, -0.1) is 0 Å². The average Bonchev–Trinajstić information content (AvgIpc) is 2.99. The number of phenolic OH excluding ortho intramolecular Hbond substituents is 1. The second-order valence-electron chi connectivity index (χ2n) is 7.97. The molecule has 2 amide bonds. The maximum Gasteiger partial charge on any atom is 0.295 e. The molecule has 17 heteroatoms. The molecule has 0 aliphatic rings. The van der Waals surface area contributed by atoms with Crippen molar-refractivity contribution >= 4 is 46.2 Å². The molecule has 232 valence electrons. The van der Waals surface area contributed by atoms with Gasteiger partial charge in [0.25, 0.3) is 23.2 Å². The van der Waals surface area contributed by atoms with Crippen molar-refractivity contribution in [1.82, 2.24) is 20.6 Å². The van der Waals surface area contributed by atoms with Crippen LogP contribution >= 0.6 is 11.6 Å². The minimum absolute atomic E-state index is 0. The van der Waals surface area contributed by atoms with E-state index in [4.69, 9.17) is 32.9 Å². The predicted molar refractivity (Wildman–Crippen MR) is 164 cm³/mol. The lowest BCUT2D eigenvalue weighted by Gasteiger charge is -2.07. The van der Waals surface area contributed by atoms with E-state index in [1.165, 1.54) is 68.0 Å². The number of phenols is 1. The second kappa shape index (κ2) is 17.0. The summed E-state index contributed by atoms with van der Waals surface area (Å²) in [6, 6.07) is 13.8. The van der Waals surface area contributed by atoms with Crippen LogP contribution in [0.5, 0.6) is 17.2 Å². The number of aromatic nitrogens is 2. The van der Waals surface area contributed by atoms with E-state index in [2.05, 4.69) is 20.6 Å². The highest BCUT2D eigenvalue weighted by Crippen LogP contribution is 2.30. The number of anilines is 2. The zero-order valence-electron chi connectivity index (χ0n) is 22.6. The van der Waals surface area contributed by atoms with Gasteiger partial charge in [-0.05, 0) is 42.5 Å². The van der Waals surface area contributed by atoms with Crippen LogP contribution in [0.25, 0.3) is 0 Å². The van der Waals surface area contributed by atoms with Crippen LogP contribution in [0.2, 0.25) is 5.02 Å². The number of hydrogen-bond donors (Lipinski definition) is 5. The first-order chi connectivity index (χ1) is 20.4. The highest BCUT2D eigenvalue weighted by molar-refractivity contribution is 6.30. The number of nitrogens with one attached hydrogen (secondary N) is 2. The van der Waals surface area contributed by atoms with Gasteiger partial charge in [0.1, 0.15) is 40.0 Å². The van der Waals surface area contributed by atoms with Gasteiger partial charge in [-0.25, -0.2) is 0 Å². The minimum atomic E-state index is -0.644. The Labute approximate surface area is 256 Å². The summed E-state index contributed by atoms with van der Waals surface area (Å²) in [6.45, 7) is 0. The smallest absolute Gasteiger partial charge is 0.295 e. The fraction of sp³-hybridized carbons (Fsp3) is 0.111. The number of ether oxygens (including phenoxy) is 1. The second-order valence-corrected chi connectivity index (χ2v) is 8.41. The molecule has 4 aromatic rings. The van der Waals surface area contributed by atoms with Gasteiger partial charge in [0.15, 0.2) is 0 Å². The minimum Gasteiger partial charge on any atom is -0.508 e. The molecule has 7 N–H and O–H groups in total. The Hall–Kier alpha value is -6.03. The van der Waals surface area contributed by atoms with Gasteiger partial charge >= 0.3 is 0 Å². The number of nitrogen functional groups attached to an aromatic ring is 2. The fourth-order valence-corrected chi connectivity index (χ4v) is 3.11. The zero-order valence-corrected chi connectivity index (χ0v) is 23.3. The Bertz CT molecular complexity index is 1640. The molecule has 0 aliphatic carbocycles. The number of pyridine rings is 2. The molecule has 2 aromatic heterocycles. The number of halogens is 1. The molecular weight excluding hydrogens is 600 g/mol. The van der Waals surface area contributed by atoms with Crippen LogP contribution in [-0.4, -0.2) is 50.8 Å². The number of hydrogen-bond acceptors (Lipinski definition) is 12. The molecule has 0 saturated carbocycles. The highest BCUT2D eigenvalue weighted by atomic mass is 35.5. The molecule has 2 aromatic carbocycles. The Balaban J connectivity index is 0.000000357. The van der Waals surface area contributed by atoms with Crippen molar-refractivity contribution in [1.29, 1.82) is 0 Å². The van der Waals surface area contributed by atoms with E-state index >= 15 is 0 Å². The van der Waals surface area contributed by atoms with Gasteiger partial charge < -0.3 is 31.9 Å². The van der Waals surface area contributed by atoms with Crippen LogP contribution in [-0.2, 0) is 0 Å². The standard InChI is InChI=1S/C13H12N4O4.C7H7ClN2O.C6H6N2O3.CH4/c1-15-13(18)11-6-9(4-5-16-11)21-8-2-3-10(14)12(7-8)17(19)20;1-9-7(11)6-4-5(8)2-3-10-6;7-5-2-1-4(9)3-6(5)8(10)11;/h2-7H,14H2,1H3,(H,15,18);2-4H,1H3,(H,9,11);1-3,9H,7H2;1H4. The van der Waals surface area contributed by atoms with Crippen LogP contribution in [0.1, 0.15) is 28.4 Å². The lowest BCUT2D eigenvalue weighted by molar-refractivity contribution is -0.384. The number of rotatable bonds is 6. The number of carbonyl (C=O) groups is 2. The summed E-state index contributed by atoms with van der Waals surface area (Å²) < 4.78 is 5.48. The Morgan fingerprint density at radius 1 is 0.795 bits per heavy atom. The molecule has 44 heavy (non-hydrogen) atoms. The van der Waals surface area contributed by atoms with Crippen molar-refractivity contribution < 1.29 is 29.3 Å². The van der Waals surface area contributed by atoms with Gasteiger partial charge in [-0.2, -0.15) is 0 Å². The van der Waals surface area contributed by atoms with Crippen molar-refractivity contribution in [3.05, 3.63) is 110 Å². The zero-order chi connectivity index (χ0) is 32.1. The highest BCUT2D eigenvalue weighted by Gasteiger charge is 2.14. The molecule has 2 heterocycles. The molecular formula is C27H29ClN8O8. The van der Waals surface area contributed by atoms with E-state index in [0.717, 1.165) is 6.07 Å². The van der Waals surface area contributed by atoms with Crippen molar-refractivity contribution in [2.24, 2.45) is 0 Å².